The van der Waals surface area contributed by atoms with E-state index in [1.165, 1.54) is 4.90 Å². The summed E-state index contributed by atoms with van der Waals surface area (Å²) in [5.41, 5.74) is 6.92. The van der Waals surface area contributed by atoms with Crippen molar-refractivity contribution in [1.82, 2.24) is 0 Å². The lowest BCUT2D eigenvalue weighted by Gasteiger charge is -2.21. The van der Waals surface area contributed by atoms with Crippen molar-refractivity contribution in [1.29, 1.82) is 0 Å². The van der Waals surface area contributed by atoms with Gasteiger partial charge in [-0.15, -0.1) is 12.4 Å². The van der Waals surface area contributed by atoms with Crippen LogP contribution in [0.5, 0.6) is 0 Å². The highest BCUT2D eigenvalue weighted by molar-refractivity contribution is 5.98. The van der Waals surface area contributed by atoms with Gasteiger partial charge in [0.1, 0.15) is 6.54 Å². The summed E-state index contributed by atoms with van der Waals surface area (Å²) >= 11 is 0. The van der Waals surface area contributed by atoms with Crippen LogP contribution in [0.1, 0.15) is 25.3 Å². The molecule has 0 aliphatic carbocycles. The van der Waals surface area contributed by atoms with E-state index in [1.54, 1.807) is 6.07 Å². The third kappa shape index (κ3) is 4.89. The molecule has 0 saturated heterocycles. The molecule has 0 atom stereocenters. The van der Waals surface area contributed by atoms with Crippen LogP contribution < -0.4 is 10.6 Å². The molecule has 0 saturated carbocycles. The number of benzene rings is 1. The molecule has 6 heteroatoms. The van der Waals surface area contributed by atoms with Gasteiger partial charge in [0.15, 0.2) is 0 Å². The molecule has 106 valence electrons. The summed E-state index contributed by atoms with van der Waals surface area (Å²) in [6.07, 6.45) is 0. The molecule has 1 aromatic rings. The Hall–Kier alpha value is -1.59. The number of nitrogens with two attached hydrogens (primary N) is 1. The average Bonchev–Trinajstić information content (AvgIpc) is 2.35. The molecule has 1 aromatic carbocycles. The smallest absolute Gasteiger partial charge is 0.323 e. The number of hydrogen-bond acceptors (Lipinski definition) is 3. The van der Waals surface area contributed by atoms with E-state index >= 15 is 0 Å². The van der Waals surface area contributed by atoms with Gasteiger partial charge in [-0.2, -0.15) is 0 Å². The van der Waals surface area contributed by atoms with Crippen molar-refractivity contribution in [3.63, 3.8) is 0 Å². The van der Waals surface area contributed by atoms with Gasteiger partial charge in [0.25, 0.3) is 0 Å². The van der Waals surface area contributed by atoms with Crippen molar-refractivity contribution in [2.75, 3.05) is 18.0 Å². The maximum atomic E-state index is 11.7. The first kappa shape index (κ1) is 17.4. The Balaban J connectivity index is 0.00000324. The molecule has 0 aromatic heterocycles. The molecule has 0 aliphatic rings. The van der Waals surface area contributed by atoms with Gasteiger partial charge in [-0.25, -0.2) is 0 Å². The Morgan fingerprint density at radius 1 is 1.37 bits per heavy atom. The van der Waals surface area contributed by atoms with E-state index in [0.717, 1.165) is 5.56 Å². The van der Waals surface area contributed by atoms with E-state index in [2.05, 4.69) is 0 Å². The summed E-state index contributed by atoms with van der Waals surface area (Å²) in [4.78, 5) is 23.6. The molecule has 1 amide bonds. The van der Waals surface area contributed by atoms with Crippen molar-refractivity contribution >= 4 is 30.0 Å². The van der Waals surface area contributed by atoms with Gasteiger partial charge < -0.3 is 15.7 Å². The lowest BCUT2D eigenvalue weighted by atomic mass is 10.0. The van der Waals surface area contributed by atoms with Crippen molar-refractivity contribution in [3.8, 4) is 0 Å². The normalized spacial score (nSPS) is 9.89. The molecular weight excluding hydrogens is 268 g/mol. The van der Waals surface area contributed by atoms with Crippen LogP contribution in [0.2, 0.25) is 0 Å². The first-order valence-corrected chi connectivity index (χ1v) is 5.78. The molecule has 0 bridgehead atoms. The largest absolute Gasteiger partial charge is 0.480 e. The number of anilines is 1. The van der Waals surface area contributed by atoms with Crippen LogP contribution in [0.4, 0.5) is 5.69 Å². The second-order valence-electron chi connectivity index (χ2n) is 4.33. The van der Waals surface area contributed by atoms with E-state index in [1.807, 2.05) is 32.0 Å². The van der Waals surface area contributed by atoms with Crippen molar-refractivity contribution in [2.45, 2.75) is 19.8 Å². The van der Waals surface area contributed by atoms with Gasteiger partial charge in [0, 0.05) is 5.69 Å². The Kier molecular flexibility index (Phi) is 7.11. The lowest BCUT2D eigenvalue weighted by Crippen LogP contribution is -2.39. The summed E-state index contributed by atoms with van der Waals surface area (Å²) in [7, 11) is 0. The topological polar surface area (TPSA) is 83.6 Å². The molecular formula is C13H19ClN2O3. The molecule has 19 heavy (non-hydrogen) atoms. The van der Waals surface area contributed by atoms with Crippen LogP contribution in [-0.2, 0) is 9.59 Å². The summed E-state index contributed by atoms with van der Waals surface area (Å²) in [5.74, 6) is -1.16. The third-order valence-corrected chi connectivity index (χ3v) is 2.62. The van der Waals surface area contributed by atoms with Gasteiger partial charge in [0.2, 0.25) is 5.91 Å². The number of hydrogen-bond donors (Lipinski definition) is 2. The first-order valence-electron chi connectivity index (χ1n) is 5.78. The Morgan fingerprint density at radius 3 is 2.47 bits per heavy atom. The van der Waals surface area contributed by atoms with E-state index in [9.17, 15) is 9.59 Å². The van der Waals surface area contributed by atoms with Gasteiger partial charge in [-0.1, -0.05) is 26.0 Å². The Morgan fingerprint density at radius 2 is 2.00 bits per heavy atom. The molecule has 0 fully saturated rings. The van der Waals surface area contributed by atoms with Gasteiger partial charge in [-0.3, -0.25) is 9.59 Å². The van der Waals surface area contributed by atoms with Crippen LogP contribution >= 0.6 is 12.4 Å². The molecule has 3 N–H and O–H groups in total. The zero-order valence-electron chi connectivity index (χ0n) is 11.0. The lowest BCUT2D eigenvalue weighted by molar-refractivity contribution is -0.136. The molecule has 0 spiro atoms. The molecule has 1 rings (SSSR count). The third-order valence-electron chi connectivity index (χ3n) is 2.62. The summed E-state index contributed by atoms with van der Waals surface area (Å²) in [6, 6.07) is 7.28. The maximum Gasteiger partial charge on any atom is 0.323 e. The summed E-state index contributed by atoms with van der Waals surface area (Å²) in [5, 5.41) is 8.83. The fourth-order valence-corrected chi connectivity index (χ4v) is 1.62. The molecule has 0 unspecified atom stereocenters. The number of halogens is 1. The Bertz CT molecular complexity index is 449. The van der Waals surface area contributed by atoms with Crippen LogP contribution in [0.15, 0.2) is 24.3 Å². The van der Waals surface area contributed by atoms with Crippen LogP contribution in [0.3, 0.4) is 0 Å². The van der Waals surface area contributed by atoms with E-state index in [-0.39, 0.29) is 25.5 Å². The average molecular weight is 287 g/mol. The van der Waals surface area contributed by atoms with Crippen molar-refractivity contribution in [3.05, 3.63) is 29.8 Å². The monoisotopic (exact) mass is 286 g/mol. The fourth-order valence-electron chi connectivity index (χ4n) is 1.62. The minimum Gasteiger partial charge on any atom is -0.480 e. The van der Waals surface area contributed by atoms with Gasteiger partial charge in [0.05, 0.1) is 6.54 Å². The minimum atomic E-state index is -1.06. The van der Waals surface area contributed by atoms with E-state index in [0.29, 0.717) is 11.6 Å². The summed E-state index contributed by atoms with van der Waals surface area (Å²) in [6.45, 7) is 3.48. The van der Waals surface area contributed by atoms with E-state index in [4.69, 9.17) is 10.8 Å². The summed E-state index contributed by atoms with van der Waals surface area (Å²) < 4.78 is 0. The highest BCUT2D eigenvalue weighted by Gasteiger charge is 2.17. The first-order chi connectivity index (χ1) is 8.45. The number of carbonyl (C=O) groups excluding carboxylic acids is 1. The zero-order valence-corrected chi connectivity index (χ0v) is 11.8. The molecule has 0 aliphatic heterocycles. The highest BCUT2D eigenvalue weighted by atomic mass is 35.5. The van der Waals surface area contributed by atoms with Gasteiger partial charge in [-0.05, 0) is 23.6 Å². The number of rotatable bonds is 5. The second-order valence-corrected chi connectivity index (χ2v) is 4.33. The molecule has 5 nitrogen and oxygen atoms in total. The number of amides is 1. The predicted octanol–water partition coefficient (Wildman–Crippen LogP) is 1.61. The number of carboxylic acid groups (broad SMARTS) is 1. The highest BCUT2D eigenvalue weighted by Crippen LogP contribution is 2.21. The van der Waals surface area contributed by atoms with Crippen molar-refractivity contribution in [2.24, 2.45) is 5.73 Å². The minimum absolute atomic E-state index is 0. The van der Waals surface area contributed by atoms with Gasteiger partial charge >= 0.3 is 5.97 Å². The van der Waals surface area contributed by atoms with Crippen molar-refractivity contribution < 1.29 is 14.7 Å². The number of nitrogens with zero attached hydrogens (tertiary/aromatic N) is 1. The van der Waals surface area contributed by atoms with Crippen LogP contribution in [0, 0.1) is 0 Å². The predicted molar refractivity (Wildman–Crippen MR) is 76.8 cm³/mol. The molecule has 0 heterocycles. The quantitative estimate of drug-likeness (QED) is 0.861. The van der Waals surface area contributed by atoms with Crippen LogP contribution in [0.25, 0.3) is 0 Å². The van der Waals surface area contributed by atoms with Crippen LogP contribution in [-0.4, -0.2) is 30.1 Å². The Labute approximate surface area is 118 Å². The number of aliphatic carboxylic acids is 1. The SMILES string of the molecule is CC(C)c1cccc(N(CC(=O)O)C(=O)CN)c1.Cl. The number of carboxylic acids is 1. The van der Waals surface area contributed by atoms with E-state index < -0.39 is 11.9 Å². The fraction of sp³-hybridized carbons (Fsp3) is 0.385. The number of carbonyl (C=O) groups is 2. The molecule has 0 radical (unpaired) electrons. The zero-order chi connectivity index (χ0) is 13.7. The standard InChI is InChI=1S/C13H18N2O3.ClH/c1-9(2)10-4-3-5-11(6-10)15(8-13(17)18)12(16)7-14;/h3-6,9H,7-8,14H2,1-2H3,(H,17,18);1H. The second kappa shape index (κ2) is 7.76. The maximum absolute atomic E-state index is 11.7.